The molecule has 0 aliphatic rings. The lowest BCUT2D eigenvalue weighted by Gasteiger charge is -2.12. The third kappa shape index (κ3) is 2.38. The number of halogens is 1. The van der Waals surface area contributed by atoms with Gasteiger partial charge >= 0.3 is 0 Å². The van der Waals surface area contributed by atoms with Crippen molar-refractivity contribution in [2.24, 2.45) is 7.05 Å². The first-order valence-corrected chi connectivity index (χ1v) is 6.48. The van der Waals surface area contributed by atoms with Crippen LogP contribution in [-0.2, 0) is 7.05 Å². The van der Waals surface area contributed by atoms with Crippen LogP contribution in [0.15, 0.2) is 48.8 Å². The molecule has 4 nitrogen and oxygen atoms in total. The van der Waals surface area contributed by atoms with Crippen LogP contribution >= 0.6 is 0 Å². The number of hydrogen-bond donors (Lipinski definition) is 0. The predicted octanol–water partition coefficient (Wildman–Crippen LogP) is 3.30. The van der Waals surface area contributed by atoms with E-state index in [2.05, 4.69) is 10.2 Å². The SMILES string of the molecule is COc1cc(-c2nncn2C)cc(F)c1-c1ccccc1. The Kier molecular flexibility index (Phi) is 3.39. The fourth-order valence-electron chi connectivity index (χ4n) is 2.30. The summed E-state index contributed by atoms with van der Waals surface area (Å²) in [7, 11) is 3.34. The Balaban J connectivity index is 2.18. The summed E-state index contributed by atoms with van der Waals surface area (Å²) in [5.74, 6) is 0.713. The number of aryl methyl sites for hydroxylation is 1. The number of ether oxygens (including phenoxy) is 1. The molecule has 3 aromatic rings. The molecule has 3 rings (SSSR count). The number of aromatic nitrogens is 3. The van der Waals surface area contributed by atoms with Gasteiger partial charge in [-0.1, -0.05) is 30.3 Å². The fraction of sp³-hybridized carbons (Fsp3) is 0.125. The van der Waals surface area contributed by atoms with Crippen LogP contribution < -0.4 is 4.74 Å². The zero-order valence-corrected chi connectivity index (χ0v) is 11.7. The van der Waals surface area contributed by atoms with Crippen LogP contribution in [0.5, 0.6) is 5.75 Å². The first-order chi connectivity index (χ1) is 10.2. The lowest BCUT2D eigenvalue weighted by atomic mass is 10.0. The van der Waals surface area contributed by atoms with Gasteiger partial charge in [0.2, 0.25) is 0 Å². The largest absolute Gasteiger partial charge is 0.496 e. The number of methoxy groups -OCH3 is 1. The lowest BCUT2D eigenvalue weighted by molar-refractivity contribution is 0.413. The molecule has 0 N–H and O–H groups in total. The van der Waals surface area contributed by atoms with E-state index in [0.717, 1.165) is 5.56 Å². The summed E-state index contributed by atoms with van der Waals surface area (Å²) in [4.78, 5) is 0. The summed E-state index contributed by atoms with van der Waals surface area (Å²) < 4.78 is 21.7. The molecule has 0 spiro atoms. The number of rotatable bonds is 3. The van der Waals surface area contributed by atoms with Gasteiger partial charge in [0.15, 0.2) is 5.82 Å². The standard InChI is InChI=1S/C16H14FN3O/c1-20-10-18-19-16(20)12-8-13(17)15(14(9-12)21-2)11-6-4-3-5-7-11/h3-10H,1-2H3. The van der Waals surface area contributed by atoms with E-state index in [9.17, 15) is 4.39 Å². The summed E-state index contributed by atoms with van der Waals surface area (Å²) in [6.45, 7) is 0. The smallest absolute Gasteiger partial charge is 0.163 e. The van der Waals surface area contributed by atoms with Crippen LogP contribution in [0.2, 0.25) is 0 Å². The van der Waals surface area contributed by atoms with Gasteiger partial charge in [-0.15, -0.1) is 10.2 Å². The Morgan fingerprint density at radius 2 is 1.86 bits per heavy atom. The Labute approximate surface area is 121 Å². The second-order valence-electron chi connectivity index (χ2n) is 4.67. The highest BCUT2D eigenvalue weighted by Gasteiger charge is 2.16. The number of hydrogen-bond acceptors (Lipinski definition) is 3. The zero-order chi connectivity index (χ0) is 14.8. The van der Waals surface area contributed by atoms with Crippen LogP contribution in [0.1, 0.15) is 0 Å². The monoisotopic (exact) mass is 283 g/mol. The van der Waals surface area contributed by atoms with Crippen molar-refractivity contribution in [3.8, 4) is 28.3 Å². The van der Waals surface area contributed by atoms with Crippen molar-refractivity contribution in [3.05, 3.63) is 54.6 Å². The van der Waals surface area contributed by atoms with Crippen molar-refractivity contribution in [1.82, 2.24) is 14.8 Å². The molecule has 2 aromatic carbocycles. The van der Waals surface area contributed by atoms with Crippen molar-refractivity contribution in [2.75, 3.05) is 7.11 Å². The van der Waals surface area contributed by atoms with Gasteiger partial charge in [0, 0.05) is 12.6 Å². The van der Waals surface area contributed by atoms with E-state index >= 15 is 0 Å². The van der Waals surface area contributed by atoms with Gasteiger partial charge in [0.05, 0.1) is 12.7 Å². The minimum atomic E-state index is -0.349. The highest BCUT2D eigenvalue weighted by molar-refractivity contribution is 5.75. The molecule has 21 heavy (non-hydrogen) atoms. The molecule has 0 saturated carbocycles. The van der Waals surface area contributed by atoms with Gasteiger partial charge in [-0.25, -0.2) is 4.39 Å². The minimum absolute atomic E-state index is 0.349. The van der Waals surface area contributed by atoms with Crippen LogP contribution in [0.25, 0.3) is 22.5 Å². The molecule has 0 saturated heterocycles. The van der Waals surface area contributed by atoms with Crippen LogP contribution in [0.4, 0.5) is 4.39 Å². The van der Waals surface area contributed by atoms with E-state index in [4.69, 9.17) is 4.74 Å². The van der Waals surface area contributed by atoms with Gasteiger partial charge in [-0.05, 0) is 17.7 Å². The van der Waals surface area contributed by atoms with E-state index < -0.39 is 0 Å². The molecule has 1 aromatic heterocycles. The second-order valence-corrected chi connectivity index (χ2v) is 4.67. The molecule has 0 bridgehead atoms. The van der Waals surface area contributed by atoms with Crippen molar-refractivity contribution in [1.29, 1.82) is 0 Å². The Morgan fingerprint density at radius 3 is 2.48 bits per heavy atom. The van der Waals surface area contributed by atoms with E-state index in [1.807, 2.05) is 37.4 Å². The molecule has 0 radical (unpaired) electrons. The lowest BCUT2D eigenvalue weighted by Crippen LogP contribution is -1.96. The summed E-state index contributed by atoms with van der Waals surface area (Å²) in [6.07, 6.45) is 1.57. The summed E-state index contributed by atoms with van der Waals surface area (Å²) in [5.41, 5.74) is 1.85. The van der Waals surface area contributed by atoms with Gasteiger partial charge < -0.3 is 9.30 Å². The highest BCUT2D eigenvalue weighted by Crippen LogP contribution is 2.36. The molecule has 0 atom stereocenters. The van der Waals surface area contributed by atoms with E-state index in [1.54, 1.807) is 17.0 Å². The Hall–Kier alpha value is -2.69. The molecule has 0 aliphatic carbocycles. The maximum atomic E-state index is 14.6. The average molecular weight is 283 g/mol. The van der Waals surface area contributed by atoms with E-state index in [0.29, 0.717) is 22.7 Å². The molecular weight excluding hydrogens is 269 g/mol. The van der Waals surface area contributed by atoms with Crippen molar-refractivity contribution >= 4 is 0 Å². The van der Waals surface area contributed by atoms with Crippen LogP contribution in [0, 0.1) is 5.82 Å². The molecule has 5 heteroatoms. The van der Waals surface area contributed by atoms with E-state index in [-0.39, 0.29) is 5.82 Å². The Morgan fingerprint density at radius 1 is 1.10 bits per heavy atom. The maximum Gasteiger partial charge on any atom is 0.163 e. The number of nitrogens with zero attached hydrogens (tertiary/aromatic N) is 3. The quantitative estimate of drug-likeness (QED) is 0.740. The second kappa shape index (κ2) is 5.36. The zero-order valence-electron chi connectivity index (χ0n) is 11.7. The molecule has 0 fully saturated rings. The number of benzene rings is 2. The molecule has 1 heterocycles. The molecule has 106 valence electrons. The Bertz CT molecular complexity index is 768. The van der Waals surface area contributed by atoms with Crippen LogP contribution in [-0.4, -0.2) is 21.9 Å². The maximum absolute atomic E-state index is 14.6. The summed E-state index contributed by atoms with van der Waals surface area (Å²) >= 11 is 0. The molecule has 0 aliphatic heterocycles. The third-order valence-electron chi connectivity index (χ3n) is 3.31. The topological polar surface area (TPSA) is 39.9 Å². The normalized spacial score (nSPS) is 10.6. The molecular formula is C16H14FN3O. The van der Waals surface area contributed by atoms with Gasteiger partial charge in [0.1, 0.15) is 17.9 Å². The summed E-state index contributed by atoms with van der Waals surface area (Å²) in [6, 6.07) is 12.5. The first-order valence-electron chi connectivity index (χ1n) is 6.48. The van der Waals surface area contributed by atoms with Gasteiger partial charge in [-0.2, -0.15) is 0 Å². The average Bonchev–Trinajstić information content (AvgIpc) is 2.93. The van der Waals surface area contributed by atoms with E-state index in [1.165, 1.54) is 13.2 Å². The van der Waals surface area contributed by atoms with Crippen molar-refractivity contribution < 1.29 is 9.13 Å². The van der Waals surface area contributed by atoms with Crippen molar-refractivity contribution in [3.63, 3.8) is 0 Å². The first kappa shape index (κ1) is 13.3. The molecule has 0 unspecified atom stereocenters. The predicted molar refractivity (Wildman–Crippen MR) is 78.4 cm³/mol. The van der Waals surface area contributed by atoms with Gasteiger partial charge in [-0.3, -0.25) is 0 Å². The molecule has 0 amide bonds. The minimum Gasteiger partial charge on any atom is -0.496 e. The third-order valence-corrected chi connectivity index (χ3v) is 3.31. The highest BCUT2D eigenvalue weighted by atomic mass is 19.1. The van der Waals surface area contributed by atoms with Gasteiger partial charge in [0.25, 0.3) is 0 Å². The van der Waals surface area contributed by atoms with Crippen LogP contribution in [0.3, 0.4) is 0 Å². The fourth-order valence-corrected chi connectivity index (χ4v) is 2.30. The van der Waals surface area contributed by atoms with Crippen molar-refractivity contribution in [2.45, 2.75) is 0 Å². The summed E-state index contributed by atoms with van der Waals surface area (Å²) in [5, 5.41) is 7.81.